The van der Waals surface area contributed by atoms with E-state index in [-0.39, 0.29) is 11.9 Å². The summed E-state index contributed by atoms with van der Waals surface area (Å²) < 4.78 is 19.2. The number of halogens is 2. The topological polar surface area (TPSA) is 12.5 Å². The third-order valence-corrected chi connectivity index (χ3v) is 4.74. The number of hydrogen-bond acceptors (Lipinski definition) is 2. The molecule has 0 aliphatic carbocycles. The van der Waals surface area contributed by atoms with E-state index in [0.717, 1.165) is 30.8 Å². The Morgan fingerprint density at radius 2 is 2.20 bits per heavy atom. The maximum absolute atomic E-state index is 13.2. The Morgan fingerprint density at radius 1 is 1.30 bits per heavy atom. The van der Waals surface area contributed by atoms with Gasteiger partial charge in [-0.15, -0.1) is 11.6 Å². The summed E-state index contributed by atoms with van der Waals surface area (Å²) in [6, 6.07) is 5.26. The summed E-state index contributed by atoms with van der Waals surface area (Å²) in [6.07, 6.45) is 5.92. The minimum Gasteiger partial charge on any atom is -0.488 e. The fourth-order valence-corrected chi connectivity index (χ4v) is 3.65. The van der Waals surface area contributed by atoms with Gasteiger partial charge in [0.15, 0.2) is 0 Å². The van der Waals surface area contributed by atoms with E-state index in [9.17, 15) is 4.39 Å². The summed E-state index contributed by atoms with van der Waals surface area (Å²) in [4.78, 5) is 2.47. The van der Waals surface area contributed by atoms with Crippen LogP contribution in [0.15, 0.2) is 18.2 Å². The average Bonchev–Trinajstić information content (AvgIpc) is 2.68. The number of nitrogens with zero attached hydrogens (tertiary/aromatic N) is 1. The minimum absolute atomic E-state index is 0.135. The quantitative estimate of drug-likeness (QED) is 0.790. The van der Waals surface area contributed by atoms with Gasteiger partial charge in [0.1, 0.15) is 17.7 Å². The van der Waals surface area contributed by atoms with Gasteiger partial charge in [0.05, 0.1) is 0 Å². The van der Waals surface area contributed by atoms with Gasteiger partial charge in [-0.25, -0.2) is 4.39 Å². The molecule has 3 rings (SSSR count). The van der Waals surface area contributed by atoms with Gasteiger partial charge < -0.3 is 4.74 Å². The number of ether oxygens (including phenoxy) is 1. The molecule has 1 fully saturated rings. The Balaban J connectivity index is 1.64. The van der Waals surface area contributed by atoms with Gasteiger partial charge in [0, 0.05) is 30.5 Å². The number of benzene rings is 1. The van der Waals surface area contributed by atoms with Crippen molar-refractivity contribution in [3.05, 3.63) is 29.6 Å². The number of rotatable bonds is 3. The predicted octanol–water partition coefficient (Wildman–Crippen LogP) is 3.61. The van der Waals surface area contributed by atoms with Crippen LogP contribution in [0.4, 0.5) is 4.39 Å². The minimum atomic E-state index is -0.179. The van der Waals surface area contributed by atoms with Gasteiger partial charge in [-0.3, -0.25) is 4.90 Å². The molecular weight excluding hydrogens is 277 g/mol. The van der Waals surface area contributed by atoms with Crippen molar-refractivity contribution in [3.8, 4) is 5.75 Å². The van der Waals surface area contributed by atoms with E-state index in [1.165, 1.54) is 31.7 Å². The molecule has 2 nitrogen and oxygen atoms in total. The Kier molecular flexibility index (Phi) is 4.47. The van der Waals surface area contributed by atoms with Gasteiger partial charge >= 0.3 is 0 Å². The SMILES string of the molecule is Fc1ccc2c(c1)CC(CN1CCCCCC1CCl)O2. The van der Waals surface area contributed by atoms with Gasteiger partial charge in [0.25, 0.3) is 0 Å². The first-order valence-corrected chi connectivity index (χ1v) is 8.05. The van der Waals surface area contributed by atoms with E-state index < -0.39 is 0 Å². The van der Waals surface area contributed by atoms with Crippen LogP contribution >= 0.6 is 11.6 Å². The highest BCUT2D eigenvalue weighted by Gasteiger charge is 2.28. The molecular formula is C16H21ClFNO. The second-order valence-electron chi connectivity index (χ2n) is 5.85. The number of fused-ring (bicyclic) bond motifs is 1. The molecule has 0 aromatic heterocycles. The number of hydrogen-bond donors (Lipinski definition) is 0. The van der Waals surface area contributed by atoms with Crippen molar-refractivity contribution >= 4 is 11.6 Å². The Bertz CT molecular complexity index is 468. The van der Waals surface area contributed by atoms with Gasteiger partial charge in [0.2, 0.25) is 0 Å². The van der Waals surface area contributed by atoms with Crippen LogP contribution in [0.3, 0.4) is 0 Å². The van der Waals surface area contributed by atoms with Crippen LogP contribution in [0.1, 0.15) is 31.2 Å². The average molecular weight is 298 g/mol. The van der Waals surface area contributed by atoms with E-state index in [2.05, 4.69) is 4.90 Å². The first kappa shape index (κ1) is 14.2. The molecule has 0 N–H and O–H groups in total. The fraction of sp³-hybridized carbons (Fsp3) is 0.625. The zero-order chi connectivity index (χ0) is 13.9. The molecule has 2 aliphatic rings. The molecule has 0 bridgehead atoms. The summed E-state index contributed by atoms with van der Waals surface area (Å²) in [5.41, 5.74) is 0.993. The van der Waals surface area contributed by atoms with Crippen LogP contribution in [0.5, 0.6) is 5.75 Å². The van der Waals surface area contributed by atoms with Crippen molar-refractivity contribution in [2.45, 2.75) is 44.2 Å². The second-order valence-corrected chi connectivity index (χ2v) is 6.16. The fourth-order valence-electron chi connectivity index (χ4n) is 3.30. The molecule has 0 saturated carbocycles. The summed E-state index contributed by atoms with van der Waals surface area (Å²) >= 11 is 6.11. The molecule has 0 radical (unpaired) electrons. The molecule has 2 aliphatic heterocycles. The third-order valence-electron chi connectivity index (χ3n) is 4.38. The van der Waals surface area contributed by atoms with Crippen LogP contribution in [-0.2, 0) is 6.42 Å². The van der Waals surface area contributed by atoms with Gasteiger partial charge in [-0.05, 0) is 37.6 Å². The zero-order valence-corrected chi connectivity index (χ0v) is 12.4. The van der Waals surface area contributed by atoms with E-state index in [0.29, 0.717) is 11.9 Å². The van der Waals surface area contributed by atoms with Crippen molar-refractivity contribution in [3.63, 3.8) is 0 Å². The monoisotopic (exact) mass is 297 g/mol. The van der Waals surface area contributed by atoms with Crippen molar-refractivity contribution in [2.24, 2.45) is 0 Å². The molecule has 2 heterocycles. The normalized spacial score (nSPS) is 26.9. The predicted molar refractivity (Wildman–Crippen MR) is 79.1 cm³/mol. The van der Waals surface area contributed by atoms with Gasteiger partial charge in [-0.1, -0.05) is 12.8 Å². The molecule has 0 amide bonds. The van der Waals surface area contributed by atoms with Crippen LogP contribution in [0, 0.1) is 5.82 Å². The zero-order valence-electron chi connectivity index (χ0n) is 11.7. The molecule has 2 unspecified atom stereocenters. The molecule has 110 valence electrons. The van der Waals surface area contributed by atoms with E-state index in [1.54, 1.807) is 12.1 Å². The Hall–Kier alpha value is -0.800. The van der Waals surface area contributed by atoms with Gasteiger partial charge in [-0.2, -0.15) is 0 Å². The van der Waals surface area contributed by atoms with E-state index >= 15 is 0 Å². The highest BCUT2D eigenvalue weighted by molar-refractivity contribution is 6.18. The first-order chi connectivity index (χ1) is 9.76. The molecule has 1 aromatic rings. The van der Waals surface area contributed by atoms with Crippen molar-refractivity contribution in [1.29, 1.82) is 0 Å². The van der Waals surface area contributed by atoms with E-state index in [1.807, 2.05) is 0 Å². The largest absolute Gasteiger partial charge is 0.488 e. The van der Waals surface area contributed by atoms with Crippen molar-refractivity contribution < 1.29 is 9.13 Å². The lowest BCUT2D eigenvalue weighted by Crippen LogP contribution is -2.42. The summed E-state index contributed by atoms with van der Waals surface area (Å²) in [5, 5.41) is 0. The lowest BCUT2D eigenvalue weighted by molar-refractivity contribution is 0.125. The van der Waals surface area contributed by atoms with Crippen LogP contribution in [-0.4, -0.2) is 36.0 Å². The van der Waals surface area contributed by atoms with Crippen LogP contribution in [0.25, 0.3) is 0 Å². The molecule has 1 aromatic carbocycles. The standard InChI is InChI=1S/C16H21ClFNO/c17-10-14-4-2-1-3-7-19(14)11-15-9-12-8-13(18)5-6-16(12)20-15/h5-6,8,14-15H,1-4,7,9-11H2. The summed E-state index contributed by atoms with van der Waals surface area (Å²) in [6.45, 7) is 2.00. The lowest BCUT2D eigenvalue weighted by Gasteiger charge is -2.30. The second kappa shape index (κ2) is 6.31. The molecule has 20 heavy (non-hydrogen) atoms. The molecule has 0 spiro atoms. The van der Waals surface area contributed by atoms with Crippen LogP contribution < -0.4 is 4.74 Å². The van der Waals surface area contributed by atoms with Crippen LogP contribution in [0.2, 0.25) is 0 Å². The summed E-state index contributed by atoms with van der Waals surface area (Å²) in [7, 11) is 0. The number of likely N-dealkylation sites (tertiary alicyclic amines) is 1. The molecule has 4 heteroatoms. The molecule has 2 atom stereocenters. The smallest absolute Gasteiger partial charge is 0.123 e. The summed E-state index contributed by atoms with van der Waals surface area (Å²) in [5.74, 6) is 1.35. The first-order valence-electron chi connectivity index (χ1n) is 7.51. The van der Waals surface area contributed by atoms with E-state index in [4.69, 9.17) is 16.3 Å². The highest BCUT2D eigenvalue weighted by Crippen LogP contribution is 2.30. The maximum Gasteiger partial charge on any atom is 0.123 e. The van der Waals surface area contributed by atoms with Crippen molar-refractivity contribution in [2.75, 3.05) is 19.0 Å². The molecule has 1 saturated heterocycles. The Morgan fingerprint density at radius 3 is 3.05 bits per heavy atom. The lowest BCUT2D eigenvalue weighted by atomic mass is 10.1. The number of alkyl halides is 1. The highest BCUT2D eigenvalue weighted by atomic mass is 35.5. The Labute approximate surface area is 124 Å². The third kappa shape index (κ3) is 3.09. The van der Waals surface area contributed by atoms with Crippen molar-refractivity contribution in [1.82, 2.24) is 4.90 Å². The maximum atomic E-state index is 13.2.